The van der Waals surface area contributed by atoms with E-state index in [0.717, 1.165) is 22.4 Å². The van der Waals surface area contributed by atoms with Crippen LogP contribution in [0, 0.1) is 0 Å². The topological polar surface area (TPSA) is 122 Å². The molecule has 4 rings (SSSR count). The van der Waals surface area contributed by atoms with Gasteiger partial charge in [0.05, 0.1) is 12.7 Å². The minimum Gasteiger partial charge on any atom is -0.494 e. The highest BCUT2D eigenvalue weighted by Crippen LogP contribution is 2.36. The molecular formula is C29H32ClNO6S. The molecule has 0 aliphatic carbocycles. The minimum absolute atomic E-state index is 0.370. The summed E-state index contributed by atoms with van der Waals surface area (Å²) in [6, 6.07) is 20.2. The second kappa shape index (κ2) is 13.0. The molecule has 0 spiro atoms. The van der Waals surface area contributed by atoms with Crippen LogP contribution in [0.3, 0.4) is 0 Å². The average molecular weight is 558 g/mol. The predicted molar refractivity (Wildman–Crippen MR) is 149 cm³/mol. The fraction of sp³-hybridized carbons (Fsp3) is 0.345. The van der Waals surface area contributed by atoms with Crippen molar-refractivity contribution in [3.63, 3.8) is 0 Å². The van der Waals surface area contributed by atoms with Crippen LogP contribution in [-0.4, -0.2) is 58.0 Å². The first kappa shape index (κ1) is 28.4. The number of thioether (sulfide) groups is 1. The van der Waals surface area contributed by atoms with Crippen LogP contribution in [0.2, 0.25) is 5.02 Å². The minimum atomic E-state index is -1.37. The number of primary amides is 1. The molecule has 202 valence electrons. The second-order valence-corrected chi connectivity index (χ2v) is 10.7. The highest BCUT2D eigenvalue weighted by Gasteiger charge is 2.44. The molecule has 0 radical (unpaired) electrons. The quantitative estimate of drug-likeness (QED) is 0.298. The standard InChI is InChI=1S/C29H32ClNO6S/c1-2-36-22-9-6-17(7-10-22)12-21-14-19(8-11-23(21)30)28-27(34)26(33)25(32)24(37-28)16-38-15-18-4-3-5-20(13-18)29(31)35/h3-11,13-14,24-28,32-34H,2,12,15-16H2,1H3,(H2,31,35). The largest absolute Gasteiger partial charge is 0.494 e. The normalized spacial score (nSPS) is 23.2. The van der Waals surface area contributed by atoms with Gasteiger partial charge in [0, 0.05) is 22.1 Å². The Labute approximate surface area is 231 Å². The zero-order valence-electron chi connectivity index (χ0n) is 21.0. The van der Waals surface area contributed by atoms with E-state index in [1.54, 1.807) is 30.3 Å². The molecule has 7 nitrogen and oxygen atoms in total. The molecule has 1 aliphatic rings. The number of carbonyl (C=O) groups is 1. The van der Waals surface area contributed by atoms with Crippen LogP contribution < -0.4 is 10.5 Å². The molecule has 1 fully saturated rings. The number of hydrogen-bond donors (Lipinski definition) is 4. The van der Waals surface area contributed by atoms with Gasteiger partial charge in [-0.1, -0.05) is 48.0 Å². The summed E-state index contributed by atoms with van der Waals surface area (Å²) in [6.07, 6.45) is -4.92. The van der Waals surface area contributed by atoms with Crippen molar-refractivity contribution >= 4 is 29.3 Å². The molecule has 1 aliphatic heterocycles. The Morgan fingerprint density at radius 3 is 2.47 bits per heavy atom. The van der Waals surface area contributed by atoms with Gasteiger partial charge in [-0.2, -0.15) is 11.8 Å². The zero-order chi connectivity index (χ0) is 27.2. The number of carbonyl (C=O) groups excluding carboxylic acids is 1. The van der Waals surface area contributed by atoms with Crippen LogP contribution in [0.5, 0.6) is 5.75 Å². The Morgan fingerprint density at radius 1 is 1.00 bits per heavy atom. The third kappa shape index (κ3) is 6.88. The maximum atomic E-state index is 11.4. The Balaban J connectivity index is 1.45. The van der Waals surface area contributed by atoms with E-state index < -0.39 is 36.4 Å². The van der Waals surface area contributed by atoms with E-state index in [1.165, 1.54) is 11.8 Å². The van der Waals surface area contributed by atoms with Gasteiger partial charge in [0.1, 0.15) is 30.2 Å². The highest BCUT2D eigenvalue weighted by atomic mass is 35.5. The van der Waals surface area contributed by atoms with Gasteiger partial charge in [0.15, 0.2) is 0 Å². The summed E-state index contributed by atoms with van der Waals surface area (Å²) >= 11 is 7.98. The molecule has 5 atom stereocenters. The van der Waals surface area contributed by atoms with Gasteiger partial charge >= 0.3 is 0 Å². The maximum absolute atomic E-state index is 11.4. The summed E-state index contributed by atoms with van der Waals surface area (Å²) in [7, 11) is 0. The van der Waals surface area contributed by atoms with E-state index in [9.17, 15) is 20.1 Å². The lowest BCUT2D eigenvalue weighted by Gasteiger charge is -2.41. The van der Waals surface area contributed by atoms with Crippen LogP contribution in [-0.2, 0) is 16.9 Å². The number of benzene rings is 3. The Morgan fingerprint density at radius 2 is 1.76 bits per heavy atom. The number of rotatable bonds is 10. The first-order chi connectivity index (χ1) is 18.3. The van der Waals surface area contributed by atoms with Crippen molar-refractivity contribution in [1.82, 2.24) is 0 Å². The lowest BCUT2D eigenvalue weighted by atomic mass is 9.90. The SMILES string of the molecule is CCOc1ccc(Cc2cc(C3OC(CSCc4cccc(C(N)=O)c4)C(O)C(O)C3O)ccc2Cl)cc1. The smallest absolute Gasteiger partial charge is 0.248 e. The van der Waals surface area contributed by atoms with Crippen LogP contribution in [0.25, 0.3) is 0 Å². The van der Waals surface area contributed by atoms with Crippen LogP contribution in [0.4, 0.5) is 0 Å². The van der Waals surface area contributed by atoms with Crippen molar-refractivity contribution in [3.05, 3.63) is 99.6 Å². The summed E-state index contributed by atoms with van der Waals surface area (Å²) in [5.74, 6) is 1.23. The van der Waals surface area contributed by atoms with Crippen molar-refractivity contribution in [2.24, 2.45) is 5.73 Å². The fourth-order valence-corrected chi connectivity index (χ4v) is 5.69. The molecule has 3 aromatic rings. The van der Waals surface area contributed by atoms with Crippen LogP contribution >= 0.6 is 23.4 Å². The first-order valence-electron chi connectivity index (χ1n) is 12.4. The maximum Gasteiger partial charge on any atom is 0.248 e. The number of nitrogens with two attached hydrogens (primary N) is 1. The monoisotopic (exact) mass is 557 g/mol. The molecule has 1 heterocycles. The highest BCUT2D eigenvalue weighted by molar-refractivity contribution is 7.98. The number of amides is 1. The zero-order valence-corrected chi connectivity index (χ0v) is 22.6. The third-order valence-electron chi connectivity index (χ3n) is 6.50. The Bertz CT molecular complexity index is 1240. The molecule has 38 heavy (non-hydrogen) atoms. The molecule has 3 aromatic carbocycles. The lowest BCUT2D eigenvalue weighted by molar-refractivity contribution is -0.218. The Hall–Kier alpha value is -2.59. The van der Waals surface area contributed by atoms with Crippen LogP contribution in [0.15, 0.2) is 66.7 Å². The number of aliphatic hydroxyl groups excluding tert-OH is 3. The van der Waals surface area contributed by atoms with Gasteiger partial charge in [-0.05, 0) is 65.9 Å². The molecule has 1 saturated heterocycles. The molecule has 9 heteroatoms. The van der Waals surface area contributed by atoms with Crippen molar-refractivity contribution in [2.45, 2.75) is 49.6 Å². The number of aliphatic hydroxyl groups is 3. The first-order valence-corrected chi connectivity index (χ1v) is 14.0. The van der Waals surface area contributed by atoms with Crippen molar-refractivity contribution in [1.29, 1.82) is 0 Å². The van der Waals surface area contributed by atoms with Gasteiger partial charge in [0.2, 0.25) is 5.91 Å². The average Bonchev–Trinajstić information content (AvgIpc) is 2.91. The number of halogens is 1. The van der Waals surface area contributed by atoms with E-state index in [-0.39, 0.29) is 0 Å². The van der Waals surface area contributed by atoms with Gasteiger partial charge in [0.25, 0.3) is 0 Å². The van der Waals surface area contributed by atoms with Crippen molar-refractivity contribution < 1.29 is 29.6 Å². The Kier molecular flexibility index (Phi) is 9.70. The van der Waals surface area contributed by atoms with Gasteiger partial charge in [-0.15, -0.1) is 0 Å². The summed E-state index contributed by atoms with van der Waals surface area (Å²) in [5, 5.41) is 32.6. The van der Waals surface area contributed by atoms with Crippen molar-refractivity contribution in [3.8, 4) is 5.75 Å². The van der Waals surface area contributed by atoms with Crippen molar-refractivity contribution in [2.75, 3.05) is 12.4 Å². The fourth-order valence-electron chi connectivity index (χ4n) is 4.47. The molecule has 5 N–H and O–H groups in total. The van der Waals surface area contributed by atoms with Gasteiger partial charge in [-0.25, -0.2) is 0 Å². The summed E-state index contributed by atoms with van der Waals surface area (Å²) in [4.78, 5) is 11.4. The molecular weight excluding hydrogens is 526 g/mol. The third-order valence-corrected chi connectivity index (χ3v) is 7.97. The van der Waals surface area contributed by atoms with E-state index in [4.69, 9.17) is 26.8 Å². The van der Waals surface area contributed by atoms with E-state index in [1.807, 2.05) is 43.3 Å². The van der Waals surface area contributed by atoms with Gasteiger partial charge in [-0.3, -0.25) is 4.79 Å². The summed E-state index contributed by atoms with van der Waals surface area (Å²) in [6.45, 7) is 2.53. The van der Waals surface area contributed by atoms with Gasteiger partial charge < -0.3 is 30.5 Å². The molecule has 1 amide bonds. The van der Waals surface area contributed by atoms with E-state index in [2.05, 4.69) is 0 Å². The summed E-state index contributed by atoms with van der Waals surface area (Å²) in [5.41, 5.74) is 9.26. The van der Waals surface area contributed by atoms with E-state index in [0.29, 0.717) is 40.7 Å². The molecule has 5 unspecified atom stereocenters. The molecule has 0 aromatic heterocycles. The summed E-state index contributed by atoms with van der Waals surface area (Å²) < 4.78 is 11.6. The van der Waals surface area contributed by atoms with Crippen LogP contribution in [0.1, 0.15) is 45.6 Å². The lowest BCUT2D eigenvalue weighted by Crippen LogP contribution is -2.54. The van der Waals surface area contributed by atoms with E-state index >= 15 is 0 Å². The second-order valence-electron chi connectivity index (χ2n) is 9.25. The molecule has 0 saturated carbocycles. The molecule has 0 bridgehead atoms. The predicted octanol–water partition coefficient (Wildman–Crippen LogP) is 3.88. The number of ether oxygens (including phenoxy) is 2. The number of hydrogen-bond acceptors (Lipinski definition) is 7.